The molecule has 2 rings (SSSR count). The van der Waals surface area contributed by atoms with Crippen molar-refractivity contribution in [2.24, 2.45) is 14.1 Å². The third kappa shape index (κ3) is 2.42. The number of rotatable bonds is 2. The molecule has 1 N–H and O–H groups in total. The van der Waals surface area contributed by atoms with Crippen LogP contribution in [0.4, 0.5) is 15.9 Å². The molecule has 0 aliphatic carbocycles. The number of halogens is 1. The van der Waals surface area contributed by atoms with Crippen molar-refractivity contribution in [3.8, 4) is 0 Å². The van der Waals surface area contributed by atoms with Crippen LogP contribution in [-0.2, 0) is 14.1 Å². The van der Waals surface area contributed by atoms with Crippen LogP contribution in [0.25, 0.3) is 0 Å². The Morgan fingerprint density at radius 2 is 1.79 bits per heavy atom. The lowest BCUT2D eigenvalue weighted by molar-refractivity contribution is 0.629. The van der Waals surface area contributed by atoms with Gasteiger partial charge in [0.25, 0.3) is 5.56 Å². The molecular formula is C13H14FN3O2. The fourth-order valence-corrected chi connectivity index (χ4v) is 1.71. The summed E-state index contributed by atoms with van der Waals surface area (Å²) in [6, 6.07) is 5.93. The van der Waals surface area contributed by atoms with Crippen LogP contribution in [0.1, 0.15) is 5.56 Å². The van der Waals surface area contributed by atoms with Crippen LogP contribution in [-0.4, -0.2) is 9.13 Å². The summed E-state index contributed by atoms with van der Waals surface area (Å²) in [4.78, 5) is 23.3. The number of anilines is 2. The highest BCUT2D eigenvalue weighted by Gasteiger charge is 2.08. The standard InChI is InChI=1S/C13H14FN3O2/c1-8-4-5-10(9(14)6-8)15-11-7-12(18)17(3)13(19)16(11)2/h4-7,15H,1-3H3. The number of nitrogens with one attached hydrogen (secondary N) is 1. The molecule has 0 fully saturated rings. The van der Waals surface area contributed by atoms with E-state index in [-0.39, 0.29) is 11.5 Å². The molecule has 1 heterocycles. The van der Waals surface area contributed by atoms with E-state index in [2.05, 4.69) is 5.32 Å². The normalized spacial score (nSPS) is 10.5. The van der Waals surface area contributed by atoms with Gasteiger partial charge in [-0.3, -0.25) is 13.9 Å². The van der Waals surface area contributed by atoms with Crippen molar-refractivity contribution >= 4 is 11.5 Å². The lowest BCUT2D eigenvalue weighted by atomic mass is 10.2. The number of benzene rings is 1. The van der Waals surface area contributed by atoms with Crippen LogP contribution in [0.15, 0.2) is 33.9 Å². The average molecular weight is 263 g/mol. The summed E-state index contributed by atoms with van der Waals surface area (Å²) in [6.45, 7) is 1.78. The third-order valence-electron chi connectivity index (χ3n) is 2.91. The van der Waals surface area contributed by atoms with Gasteiger partial charge in [-0.05, 0) is 24.6 Å². The van der Waals surface area contributed by atoms with Crippen LogP contribution in [0, 0.1) is 12.7 Å². The van der Waals surface area contributed by atoms with Crippen LogP contribution < -0.4 is 16.6 Å². The van der Waals surface area contributed by atoms with Crippen LogP contribution in [0.3, 0.4) is 0 Å². The highest BCUT2D eigenvalue weighted by molar-refractivity contribution is 5.57. The van der Waals surface area contributed by atoms with E-state index >= 15 is 0 Å². The molecule has 0 amide bonds. The van der Waals surface area contributed by atoms with Crippen molar-refractivity contribution in [1.82, 2.24) is 9.13 Å². The van der Waals surface area contributed by atoms with Gasteiger partial charge in [-0.15, -0.1) is 0 Å². The zero-order valence-electron chi connectivity index (χ0n) is 10.9. The Labute approximate surface area is 108 Å². The first-order chi connectivity index (χ1) is 8.90. The van der Waals surface area contributed by atoms with Crippen LogP contribution >= 0.6 is 0 Å². The van der Waals surface area contributed by atoms with E-state index in [4.69, 9.17) is 0 Å². The summed E-state index contributed by atoms with van der Waals surface area (Å²) in [7, 11) is 2.90. The second kappa shape index (κ2) is 4.72. The monoisotopic (exact) mass is 263 g/mol. The predicted molar refractivity (Wildman–Crippen MR) is 71.3 cm³/mol. The number of nitrogens with zero attached hydrogens (tertiary/aromatic N) is 2. The number of aryl methyl sites for hydroxylation is 1. The molecule has 0 unspecified atom stereocenters. The van der Waals surface area contributed by atoms with E-state index < -0.39 is 17.1 Å². The topological polar surface area (TPSA) is 56.0 Å². The minimum atomic E-state index is -0.470. The van der Waals surface area contributed by atoms with E-state index in [9.17, 15) is 14.0 Å². The molecule has 100 valence electrons. The molecule has 0 bridgehead atoms. The molecular weight excluding hydrogens is 249 g/mol. The Morgan fingerprint density at radius 3 is 2.42 bits per heavy atom. The van der Waals surface area contributed by atoms with E-state index in [1.54, 1.807) is 19.1 Å². The molecule has 0 atom stereocenters. The summed E-state index contributed by atoms with van der Waals surface area (Å²) < 4.78 is 15.9. The summed E-state index contributed by atoms with van der Waals surface area (Å²) in [5.74, 6) is -0.191. The van der Waals surface area contributed by atoms with Gasteiger partial charge >= 0.3 is 5.69 Å². The summed E-state index contributed by atoms with van der Waals surface area (Å²) >= 11 is 0. The first-order valence-corrected chi connectivity index (χ1v) is 5.70. The molecule has 0 saturated heterocycles. The second-order valence-electron chi connectivity index (χ2n) is 4.38. The SMILES string of the molecule is Cc1ccc(Nc2cc(=O)n(C)c(=O)n2C)c(F)c1. The zero-order chi connectivity index (χ0) is 14.2. The minimum absolute atomic E-state index is 0.217. The van der Waals surface area contributed by atoms with Crippen molar-refractivity contribution in [2.45, 2.75) is 6.92 Å². The molecule has 5 nitrogen and oxygen atoms in total. The van der Waals surface area contributed by atoms with Crippen molar-refractivity contribution in [3.05, 3.63) is 56.5 Å². The highest BCUT2D eigenvalue weighted by atomic mass is 19.1. The van der Waals surface area contributed by atoms with Crippen molar-refractivity contribution in [2.75, 3.05) is 5.32 Å². The van der Waals surface area contributed by atoms with Crippen molar-refractivity contribution in [3.63, 3.8) is 0 Å². The molecule has 6 heteroatoms. The maximum Gasteiger partial charge on any atom is 0.332 e. The molecule has 2 aromatic rings. The fraction of sp³-hybridized carbons (Fsp3) is 0.231. The Bertz CT molecular complexity index is 747. The smallest absolute Gasteiger partial charge is 0.332 e. The van der Waals surface area contributed by atoms with Crippen LogP contribution in [0.5, 0.6) is 0 Å². The van der Waals surface area contributed by atoms with Crippen molar-refractivity contribution < 1.29 is 4.39 Å². The van der Waals surface area contributed by atoms with Gasteiger partial charge in [0.05, 0.1) is 5.69 Å². The predicted octanol–water partition coefficient (Wildman–Crippen LogP) is 1.28. The Hall–Kier alpha value is -2.37. The van der Waals surface area contributed by atoms with Gasteiger partial charge in [0.15, 0.2) is 0 Å². The zero-order valence-corrected chi connectivity index (χ0v) is 10.9. The molecule has 0 aliphatic rings. The van der Waals surface area contributed by atoms with Gasteiger partial charge in [0.1, 0.15) is 11.6 Å². The first-order valence-electron chi connectivity index (χ1n) is 5.70. The quantitative estimate of drug-likeness (QED) is 0.888. The maximum absolute atomic E-state index is 13.7. The van der Waals surface area contributed by atoms with E-state index in [1.807, 2.05) is 0 Å². The molecule has 0 aliphatic heterocycles. The molecule has 0 spiro atoms. The molecule has 0 saturated carbocycles. The lowest BCUT2D eigenvalue weighted by Crippen LogP contribution is -2.37. The Kier molecular flexibility index (Phi) is 3.25. The lowest BCUT2D eigenvalue weighted by Gasteiger charge is -2.12. The summed E-state index contributed by atoms with van der Waals surface area (Å²) in [6.07, 6.45) is 0. The summed E-state index contributed by atoms with van der Waals surface area (Å²) in [5.41, 5.74) is 0.0930. The van der Waals surface area contributed by atoms with Gasteiger partial charge in [0, 0.05) is 20.2 Å². The second-order valence-corrected chi connectivity index (χ2v) is 4.38. The number of hydrogen-bond donors (Lipinski definition) is 1. The van der Waals surface area contributed by atoms with Crippen molar-refractivity contribution in [1.29, 1.82) is 0 Å². The highest BCUT2D eigenvalue weighted by Crippen LogP contribution is 2.18. The van der Waals surface area contributed by atoms with Gasteiger partial charge in [0.2, 0.25) is 0 Å². The van der Waals surface area contributed by atoms with E-state index in [1.165, 1.54) is 30.8 Å². The van der Waals surface area contributed by atoms with E-state index in [0.29, 0.717) is 0 Å². The number of hydrogen-bond acceptors (Lipinski definition) is 3. The van der Waals surface area contributed by atoms with Gasteiger partial charge in [-0.25, -0.2) is 9.18 Å². The molecule has 19 heavy (non-hydrogen) atoms. The minimum Gasteiger partial charge on any atom is -0.339 e. The molecule has 0 radical (unpaired) electrons. The largest absolute Gasteiger partial charge is 0.339 e. The van der Waals surface area contributed by atoms with Gasteiger partial charge in [-0.1, -0.05) is 6.07 Å². The third-order valence-corrected chi connectivity index (χ3v) is 2.91. The van der Waals surface area contributed by atoms with Crippen LogP contribution in [0.2, 0.25) is 0 Å². The summed E-state index contributed by atoms with van der Waals surface area (Å²) in [5, 5.41) is 2.75. The molecule has 1 aromatic carbocycles. The Morgan fingerprint density at radius 1 is 1.11 bits per heavy atom. The fourth-order valence-electron chi connectivity index (χ4n) is 1.71. The molecule has 1 aromatic heterocycles. The first kappa shape index (κ1) is 13.1. The van der Waals surface area contributed by atoms with Gasteiger partial charge in [-0.2, -0.15) is 0 Å². The van der Waals surface area contributed by atoms with Gasteiger partial charge < -0.3 is 5.32 Å². The Balaban J connectivity index is 2.50. The number of aromatic nitrogens is 2. The maximum atomic E-state index is 13.7. The van der Waals surface area contributed by atoms with E-state index in [0.717, 1.165) is 10.1 Å². The average Bonchev–Trinajstić information content (AvgIpc) is 2.36.